The monoisotopic (exact) mass is 281 g/mol. The van der Waals surface area contributed by atoms with Crippen LogP contribution in [0.15, 0.2) is 11.1 Å². The molecule has 0 aromatic carbocycles. The summed E-state index contributed by atoms with van der Waals surface area (Å²) in [4.78, 5) is 22.6. The summed E-state index contributed by atoms with van der Waals surface area (Å²) in [6.45, 7) is -0.264. The smallest absolute Gasteiger partial charge is 0.280 e. The summed E-state index contributed by atoms with van der Waals surface area (Å²) in [7, 11) is 1.64. The standard InChI is InChI=1S/C11H15N5O4/c1-12-11-14-9-8(10(19)15-11)13-4-16(9)7-2-5(18)6(3-17)20-7/h4-7,17-18H,2-3H2,1H3,(H2,12,14,15,19)/t5?,6-,7-/m1/s1. The Morgan fingerprint density at radius 1 is 1.65 bits per heavy atom. The number of aliphatic hydroxyl groups is 2. The predicted molar refractivity (Wildman–Crippen MR) is 69.3 cm³/mol. The van der Waals surface area contributed by atoms with E-state index in [4.69, 9.17) is 9.84 Å². The van der Waals surface area contributed by atoms with Crippen molar-refractivity contribution in [1.29, 1.82) is 0 Å². The predicted octanol–water partition coefficient (Wildman–Crippen LogP) is -1.20. The Morgan fingerprint density at radius 3 is 3.10 bits per heavy atom. The molecule has 3 rings (SSSR count). The van der Waals surface area contributed by atoms with E-state index >= 15 is 0 Å². The average Bonchev–Trinajstić information content (AvgIpc) is 3.01. The summed E-state index contributed by atoms with van der Waals surface area (Å²) in [5, 5.41) is 21.6. The van der Waals surface area contributed by atoms with Gasteiger partial charge in [0.25, 0.3) is 5.56 Å². The van der Waals surface area contributed by atoms with Gasteiger partial charge >= 0.3 is 0 Å². The molecule has 2 aromatic rings. The van der Waals surface area contributed by atoms with Crippen LogP contribution in [0.25, 0.3) is 11.2 Å². The Labute approximate surface area is 113 Å². The fraction of sp³-hybridized carbons (Fsp3) is 0.545. The lowest BCUT2D eigenvalue weighted by Gasteiger charge is -2.13. The van der Waals surface area contributed by atoms with Crippen LogP contribution in [0.5, 0.6) is 0 Å². The van der Waals surface area contributed by atoms with Gasteiger partial charge in [0.05, 0.1) is 19.0 Å². The molecule has 9 nitrogen and oxygen atoms in total. The maximum absolute atomic E-state index is 11.8. The number of H-pyrrole nitrogens is 1. The largest absolute Gasteiger partial charge is 0.394 e. The van der Waals surface area contributed by atoms with Crippen molar-refractivity contribution in [3.8, 4) is 0 Å². The topological polar surface area (TPSA) is 125 Å². The van der Waals surface area contributed by atoms with E-state index < -0.39 is 18.4 Å². The fourth-order valence-electron chi connectivity index (χ4n) is 2.31. The number of aromatic amines is 1. The van der Waals surface area contributed by atoms with Crippen LogP contribution in [-0.2, 0) is 4.74 Å². The lowest BCUT2D eigenvalue weighted by Crippen LogP contribution is -2.24. The quantitative estimate of drug-likeness (QED) is 0.557. The van der Waals surface area contributed by atoms with Gasteiger partial charge in [-0.15, -0.1) is 0 Å². The molecule has 20 heavy (non-hydrogen) atoms. The Hall–Kier alpha value is -1.97. The lowest BCUT2D eigenvalue weighted by atomic mass is 10.2. The van der Waals surface area contributed by atoms with Crippen molar-refractivity contribution in [1.82, 2.24) is 19.5 Å². The minimum absolute atomic E-state index is 0.203. The molecule has 1 unspecified atom stereocenters. The van der Waals surface area contributed by atoms with Gasteiger partial charge in [0.2, 0.25) is 5.95 Å². The second-order valence-electron chi connectivity index (χ2n) is 4.60. The molecule has 0 saturated carbocycles. The molecular formula is C11H15N5O4. The molecule has 1 aliphatic heterocycles. The third-order valence-electron chi connectivity index (χ3n) is 3.36. The molecule has 2 aromatic heterocycles. The van der Waals surface area contributed by atoms with Crippen molar-refractivity contribution >= 4 is 17.1 Å². The molecule has 1 aliphatic rings. The van der Waals surface area contributed by atoms with Gasteiger partial charge in [-0.1, -0.05) is 0 Å². The van der Waals surface area contributed by atoms with Crippen LogP contribution in [-0.4, -0.2) is 55.6 Å². The zero-order chi connectivity index (χ0) is 14.3. The van der Waals surface area contributed by atoms with E-state index in [-0.39, 0.29) is 17.7 Å². The Kier molecular flexibility index (Phi) is 3.16. The van der Waals surface area contributed by atoms with Crippen molar-refractivity contribution in [3.63, 3.8) is 0 Å². The summed E-state index contributed by atoms with van der Waals surface area (Å²) in [6, 6.07) is 0. The van der Waals surface area contributed by atoms with Gasteiger partial charge in [-0.05, 0) is 0 Å². The first kappa shape index (κ1) is 13.0. The summed E-state index contributed by atoms with van der Waals surface area (Å²) in [5.41, 5.74) is 0.221. The Morgan fingerprint density at radius 2 is 2.45 bits per heavy atom. The normalized spacial score (nSPS) is 26.2. The van der Waals surface area contributed by atoms with Crippen LogP contribution in [0.3, 0.4) is 0 Å². The van der Waals surface area contributed by atoms with E-state index in [0.717, 1.165) is 0 Å². The maximum atomic E-state index is 11.8. The second kappa shape index (κ2) is 4.85. The molecule has 0 spiro atoms. The van der Waals surface area contributed by atoms with Crippen molar-refractivity contribution in [3.05, 3.63) is 16.7 Å². The number of imidazole rings is 1. The number of aliphatic hydroxyl groups excluding tert-OH is 2. The third-order valence-corrected chi connectivity index (χ3v) is 3.36. The number of aromatic nitrogens is 4. The highest BCUT2D eigenvalue weighted by Gasteiger charge is 2.35. The molecule has 0 aliphatic carbocycles. The first-order chi connectivity index (χ1) is 9.63. The van der Waals surface area contributed by atoms with Gasteiger partial charge < -0.3 is 20.3 Å². The Bertz CT molecular complexity index is 681. The van der Waals surface area contributed by atoms with Gasteiger partial charge in [0.15, 0.2) is 11.2 Å². The number of anilines is 1. The number of nitrogens with one attached hydrogen (secondary N) is 2. The van der Waals surface area contributed by atoms with Crippen molar-refractivity contribution in [2.24, 2.45) is 0 Å². The fourth-order valence-corrected chi connectivity index (χ4v) is 2.31. The maximum Gasteiger partial charge on any atom is 0.280 e. The van der Waals surface area contributed by atoms with Gasteiger partial charge in [-0.25, -0.2) is 4.98 Å². The molecule has 0 radical (unpaired) electrons. The number of rotatable bonds is 3. The summed E-state index contributed by atoms with van der Waals surface area (Å²) in [5.74, 6) is 0.321. The van der Waals surface area contributed by atoms with Gasteiger partial charge in [-0.3, -0.25) is 14.3 Å². The number of fused-ring (bicyclic) bond motifs is 1. The summed E-state index contributed by atoms with van der Waals surface area (Å²) in [6.07, 6.45) is -0.147. The van der Waals surface area contributed by atoms with Crippen molar-refractivity contribution < 1.29 is 14.9 Å². The Balaban J connectivity index is 2.05. The number of hydrogen-bond acceptors (Lipinski definition) is 7. The van der Waals surface area contributed by atoms with E-state index in [1.807, 2.05) is 0 Å². The molecule has 0 bridgehead atoms. The molecule has 108 valence electrons. The first-order valence-corrected chi connectivity index (χ1v) is 6.23. The van der Waals surface area contributed by atoms with E-state index in [1.165, 1.54) is 6.33 Å². The molecular weight excluding hydrogens is 266 g/mol. The van der Waals surface area contributed by atoms with E-state index in [0.29, 0.717) is 18.0 Å². The van der Waals surface area contributed by atoms with Crippen LogP contribution in [0, 0.1) is 0 Å². The van der Waals surface area contributed by atoms with E-state index in [1.54, 1.807) is 11.6 Å². The number of hydrogen-bond donors (Lipinski definition) is 4. The van der Waals surface area contributed by atoms with Crippen LogP contribution in [0.4, 0.5) is 5.95 Å². The van der Waals surface area contributed by atoms with E-state index in [2.05, 4.69) is 20.3 Å². The second-order valence-corrected chi connectivity index (χ2v) is 4.60. The molecule has 4 N–H and O–H groups in total. The zero-order valence-corrected chi connectivity index (χ0v) is 10.8. The van der Waals surface area contributed by atoms with Crippen LogP contribution in [0.1, 0.15) is 12.6 Å². The summed E-state index contributed by atoms with van der Waals surface area (Å²) >= 11 is 0. The third kappa shape index (κ3) is 1.96. The van der Waals surface area contributed by atoms with Crippen LogP contribution >= 0.6 is 0 Å². The lowest BCUT2D eigenvalue weighted by molar-refractivity contribution is -0.0432. The SMILES string of the molecule is CNc1nc2c(ncn2[C@H]2CC(O)[C@@H](CO)O2)c(=O)[nH]1. The van der Waals surface area contributed by atoms with Gasteiger partial charge in [0.1, 0.15) is 12.3 Å². The van der Waals surface area contributed by atoms with Gasteiger partial charge in [-0.2, -0.15) is 4.98 Å². The molecule has 9 heteroatoms. The minimum atomic E-state index is -0.756. The average molecular weight is 281 g/mol. The van der Waals surface area contributed by atoms with Crippen LogP contribution in [0.2, 0.25) is 0 Å². The molecule has 1 fully saturated rings. The van der Waals surface area contributed by atoms with Crippen molar-refractivity contribution in [2.75, 3.05) is 19.0 Å². The highest BCUT2D eigenvalue weighted by molar-refractivity contribution is 5.70. The van der Waals surface area contributed by atoms with Crippen LogP contribution < -0.4 is 10.9 Å². The highest BCUT2D eigenvalue weighted by atomic mass is 16.5. The first-order valence-electron chi connectivity index (χ1n) is 6.23. The molecule has 3 heterocycles. The number of nitrogens with zero attached hydrogens (tertiary/aromatic N) is 3. The highest BCUT2D eigenvalue weighted by Crippen LogP contribution is 2.30. The van der Waals surface area contributed by atoms with E-state index in [9.17, 15) is 9.90 Å². The summed E-state index contributed by atoms with van der Waals surface area (Å²) < 4.78 is 7.13. The zero-order valence-electron chi connectivity index (χ0n) is 10.8. The van der Waals surface area contributed by atoms with Crippen molar-refractivity contribution in [2.45, 2.75) is 24.9 Å². The number of ether oxygens (including phenoxy) is 1. The van der Waals surface area contributed by atoms with Gasteiger partial charge in [0, 0.05) is 13.5 Å². The minimum Gasteiger partial charge on any atom is -0.394 e. The molecule has 1 saturated heterocycles. The molecule has 0 amide bonds. The molecule has 3 atom stereocenters.